The van der Waals surface area contributed by atoms with Crippen LogP contribution in [-0.2, 0) is 16.1 Å². The number of carbonyl (C=O) groups is 2. The average molecular weight is 469 g/mol. The zero-order chi connectivity index (χ0) is 23.8. The van der Waals surface area contributed by atoms with Gasteiger partial charge in [0.25, 0.3) is 0 Å². The molecule has 1 aromatic rings. The number of alkyl halides is 3. The summed E-state index contributed by atoms with van der Waals surface area (Å²) in [7, 11) is 0. The molecular weight excluding hydrogens is 437 g/mol. The summed E-state index contributed by atoms with van der Waals surface area (Å²) in [5, 5.41) is 0. The van der Waals surface area contributed by atoms with Crippen molar-refractivity contribution >= 4 is 17.7 Å². The number of likely N-dealkylation sites (tertiary alicyclic amines) is 1. The lowest BCUT2D eigenvalue weighted by Gasteiger charge is -2.47. The molecule has 4 rings (SSSR count). The predicted octanol–water partition coefficient (Wildman–Crippen LogP) is 2.95. The minimum Gasteiger partial charge on any atom is -0.437 e. The minimum absolute atomic E-state index is 0.135. The zero-order valence-electron chi connectivity index (χ0n) is 19.1. The third-order valence-corrected chi connectivity index (χ3v) is 7.03. The summed E-state index contributed by atoms with van der Waals surface area (Å²) in [4.78, 5) is 31.5. The molecule has 2 amide bonds. The predicted molar refractivity (Wildman–Crippen MR) is 117 cm³/mol. The van der Waals surface area contributed by atoms with Gasteiger partial charge in [-0.05, 0) is 25.0 Å². The Morgan fingerprint density at radius 1 is 1.03 bits per heavy atom. The summed E-state index contributed by atoms with van der Waals surface area (Å²) in [6.45, 7) is 8.52. The van der Waals surface area contributed by atoms with Crippen LogP contribution in [0.5, 0.6) is 0 Å². The Hall–Kier alpha value is -2.49. The maximum absolute atomic E-state index is 12.7. The Balaban J connectivity index is 1.31. The van der Waals surface area contributed by atoms with Gasteiger partial charge >= 0.3 is 12.3 Å². The first kappa shape index (κ1) is 23.7. The maximum Gasteiger partial charge on any atom is 0.425 e. The highest BCUT2D eigenvalue weighted by molar-refractivity contribution is 5.74. The van der Waals surface area contributed by atoms with Gasteiger partial charge in [0.2, 0.25) is 5.91 Å². The normalized spacial score (nSPS) is 21.8. The van der Waals surface area contributed by atoms with Gasteiger partial charge in [0.15, 0.2) is 6.10 Å². The zero-order valence-corrected chi connectivity index (χ0v) is 19.1. The van der Waals surface area contributed by atoms with Gasteiger partial charge in [-0.25, -0.2) is 4.79 Å². The number of benzene rings is 1. The van der Waals surface area contributed by atoms with Crippen molar-refractivity contribution in [2.75, 3.05) is 57.3 Å². The largest absolute Gasteiger partial charge is 0.437 e. The fraction of sp³-hybridized carbons (Fsp3) is 0.652. The Morgan fingerprint density at radius 3 is 2.33 bits per heavy atom. The molecule has 33 heavy (non-hydrogen) atoms. The highest BCUT2D eigenvalue weighted by Gasteiger charge is 2.48. The van der Waals surface area contributed by atoms with Crippen LogP contribution in [0.3, 0.4) is 0 Å². The SMILES string of the molecule is CC(=O)N1CC2(CCN(c3ccccc3CN3CCN(C(=O)OC(C)C(F)(F)F)CC3)C2)C1. The van der Waals surface area contributed by atoms with E-state index in [0.717, 1.165) is 39.5 Å². The molecule has 182 valence electrons. The molecule has 3 aliphatic heterocycles. The van der Waals surface area contributed by atoms with Crippen LogP contribution < -0.4 is 4.90 Å². The highest BCUT2D eigenvalue weighted by Crippen LogP contribution is 2.42. The molecule has 1 aromatic carbocycles. The van der Waals surface area contributed by atoms with Gasteiger partial charge in [0, 0.05) is 76.9 Å². The molecule has 3 fully saturated rings. The number of ether oxygens (including phenoxy) is 1. The molecule has 3 saturated heterocycles. The Labute approximate surface area is 192 Å². The van der Waals surface area contributed by atoms with Gasteiger partial charge in [-0.2, -0.15) is 13.2 Å². The van der Waals surface area contributed by atoms with Crippen LogP contribution in [0.2, 0.25) is 0 Å². The molecule has 0 bridgehead atoms. The molecule has 3 aliphatic rings. The van der Waals surface area contributed by atoms with Crippen LogP contribution in [0.15, 0.2) is 24.3 Å². The van der Waals surface area contributed by atoms with Crippen LogP contribution in [0.4, 0.5) is 23.7 Å². The minimum atomic E-state index is -4.56. The molecule has 1 spiro atoms. The number of hydrogen-bond acceptors (Lipinski definition) is 5. The van der Waals surface area contributed by atoms with E-state index in [1.807, 2.05) is 17.0 Å². The van der Waals surface area contributed by atoms with E-state index in [-0.39, 0.29) is 11.3 Å². The van der Waals surface area contributed by atoms with E-state index in [4.69, 9.17) is 0 Å². The van der Waals surface area contributed by atoms with Crippen molar-refractivity contribution in [3.63, 3.8) is 0 Å². The quantitative estimate of drug-likeness (QED) is 0.680. The van der Waals surface area contributed by atoms with Crippen molar-refractivity contribution in [1.29, 1.82) is 0 Å². The van der Waals surface area contributed by atoms with Gasteiger partial charge in [-0.1, -0.05) is 18.2 Å². The summed E-state index contributed by atoms with van der Waals surface area (Å²) >= 11 is 0. The first-order valence-electron chi connectivity index (χ1n) is 11.4. The van der Waals surface area contributed by atoms with Crippen LogP contribution in [0.25, 0.3) is 0 Å². The van der Waals surface area contributed by atoms with Crippen molar-refractivity contribution in [2.24, 2.45) is 5.41 Å². The van der Waals surface area contributed by atoms with Crippen molar-refractivity contribution in [3.8, 4) is 0 Å². The number of para-hydroxylation sites is 1. The average Bonchev–Trinajstić information content (AvgIpc) is 3.18. The first-order chi connectivity index (χ1) is 15.6. The van der Waals surface area contributed by atoms with Gasteiger partial charge in [-0.3, -0.25) is 9.69 Å². The fourth-order valence-electron chi connectivity index (χ4n) is 4.96. The Morgan fingerprint density at radius 2 is 1.70 bits per heavy atom. The second-order valence-electron chi connectivity index (χ2n) is 9.51. The molecule has 1 atom stereocenters. The maximum atomic E-state index is 12.7. The third-order valence-electron chi connectivity index (χ3n) is 7.03. The van der Waals surface area contributed by atoms with E-state index in [2.05, 4.69) is 26.7 Å². The Kier molecular flexibility index (Phi) is 6.48. The topological polar surface area (TPSA) is 56.3 Å². The third kappa shape index (κ3) is 5.20. The number of nitrogens with zero attached hydrogens (tertiary/aromatic N) is 4. The van der Waals surface area contributed by atoms with Crippen molar-refractivity contribution in [3.05, 3.63) is 29.8 Å². The van der Waals surface area contributed by atoms with Crippen molar-refractivity contribution < 1.29 is 27.5 Å². The van der Waals surface area contributed by atoms with Crippen LogP contribution in [0, 0.1) is 5.41 Å². The first-order valence-corrected chi connectivity index (χ1v) is 11.4. The standard InChI is InChI=1S/C23H31F3N4O3/c1-17(23(24,25)26)33-21(32)28-11-9-27(10-12-28)13-19-5-3-4-6-20(19)29-8-7-22(14-29)15-30(16-22)18(2)31/h3-6,17H,7-16H2,1-2H3. The number of hydrogen-bond donors (Lipinski definition) is 0. The molecule has 0 saturated carbocycles. The fourth-order valence-corrected chi connectivity index (χ4v) is 4.96. The number of carbonyl (C=O) groups excluding carboxylic acids is 2. The lowest BCUT2D eigenvalue weighted by Crippen LogP contribution is -2.59. The lowest BCUT2D eigenvalue weighted by atomic mass is 9.79. The molecule has 0 aromatic heterocycles. The number of amides is 2. The smallest absolute Gasteiger partial charge is 0.425 e. The monoisotopic (exact) mass is 468 g/mol. The second-order valence-corrected chi connectivity index (χ2v) is 9.51. The van der Waals surface area contributed by atoms with Crippen LogP contribution in [0.1, 0.15) is 25.8 Å². The molecular formula is C23H31F3N4O3. The van der Waals surface area contributed by atoms with Gasteiger partial charge in [0.05, 0.1) is 0 Å². The van der Waals surface area contributed by atoms with E-state index in [1.54, 1.807) is 6.92 Å². The van der Waals surface area contributed by atoms with E-state index < -0.39 is 18.4 Å². The van der Waals surface area contributed by atoms with E-state index in [1.165, 1.54) is 16.2 Å². The van der Waals surface area contributed by atoms with Crippen LogP contribution >= 0.6 is 0 Å². The van der Waals surface area contributed by atoms with Gasteiger partial charge < -0.3 is 19.4 Å². The Bertz CT molecular complexity index is 880. The summed E-state index contributed by atoms with van der Waals surface area (Å²) in [5.74, 6) is 0.135. The molecule has 1 unspecified atom stereocenters. The molecule has 0 N–H and O–H groups in total. The molecule has 0 radical (unpaired) electrons. The van der Waals surface area contributed by atoms with Crippen molar-refractivity contribution in [1.82, 2.24) is 14.7 Å². The number of rotatable bonds is 4. The summed E-state index contributed by atoms with van der Waals surface area (Å²) in [6, 6.07) is 8.27. The van der Waals surface area contributed by atoms with E-state index >= 15 is 0 Å². The van der Waals surface area contributed by atoms with Crippen LogP contribution in [-0.4, -0.2) is 91.3 Å². The van der Waals surface area contributed by atoms with Gasteiger partial charge in [0.1, 0.15) is 0 Å². The molecule has 0 aliphatic carbocycles. The van der Waals surface area contributed by atoms with Crippen molar-refractivity contribution in [2.45, 2.75) is 39.1 Å². The number of halogens is 3. The lowest BCUT2D eigenvalue weighted by molar-refractivity contribution is -0.200. The van der Waals surface area contributed by atoms with E-state index in [9.17, 15) is 22.8 Å². The molecule has 10 heteroatoms. The number of piperazine rings is 1. The highest BCUT2D eigenvalue weighted by atomic mass is 19.4. The summed E-state index contributed by atoms with van der Waals surface area (Å²) in [6.07, 6.45) is -6.51. The number of anilines is 1. The van der Waals surface area contributed by atoms with E-state index in [0.29, 0.717) is 32.7 Å². The van der Waals surface area contributed by atoms with Gasteiger partial charge in [-0.15, -0.1) is 0 Å². The second kappa shape index (κ2) is 9.04. The summed E-state index contributed by atoms with van der Waals surface area (Å²) in [5.41, 5.74) is 2.58. The summed E-state index contributed by atoms with van der Waals surface area (Å²) < 4.78 is 42.5. The molecule has 7 nitrogen and oxygen atoms in total. The molecule has 3 heterocycles.